The minimum atomic E-state index is -1.38. The van der Waals surface area contributed by atoms with Crippen molar-refractivity contribution < 1.29 is 68.7 Å². The standard InChI is InChI=1S/C63H117N7O14/c1-3-5-7-9-11-13-15-17-19-21-23-25-27-29-31-35-43-70(44-36-32-30-28-26-24-22-20-18-16-14-12-10-8-6-4-2)57(73)41-40-56(72)66-53(62(64)82)37-33-34-42-65-55(71)39-38-54(63(83)84)69(47-45-67(49-58(74)75)50-59(76)77)48-46-68(51-60(78)79)52-61(80)81/h53-54H,3-52H2,1-2H3,(H2,64,82)(H,65,71)(H,66,72)(H,74,75)(H,76,77)(H,78,79)(H,80,81)(H,83,84)/t53?,54-/m0/s1. The molecule has 0 bridgehead atoms. The molecule has 0 aliphatic carbocycles. The van der Waals surface area contributed by atoms with Gasteiger partial charge in [0.2, 0.25) is 23.6 Å². The van der Waals surface area contributed by atoms with Crippen molar-refractivity contribution in [3.63, 3.8) is 0 Å². The Balaban J connectivity index is 5.20. The minimum Gasteiger partial charge on any atom is -0.480 e. The van der Waals surface area contributed by atoms with Gasteiger partial charge in [-0.25, -0.2) is 0 Å². The quantitative estimate of drug-likeness (QED) is 0.0263. The number of amides is 4. The van der Waals surface area contributed by atoms with E-state index in [1.807, 2.05) is 4.90 Å². The van der Waals surface area contributed by atoms with Gasteiger partial charge in [-0.15, -0.1) is 0 Å². The molecule has 21 nitrogen and oxygen atoms in total. The summed E-state index contributed by atoms with van der Waals surface area (Å²) >= 11 is 0. The summed E-state index contributed by atoms with van der Waals surface area (Å²) in [5.41, 5.74) is 5.67. The van der Waals surface area contributed by atoms with Gasteiger partial charge >= 0.3 is 29.8 Å². The van der Waals surface area contributed by atoms with Crippen LogP contribution < -0.4 is 16.4 Å². The molecule has 0 radical (unpaired) electrons. The Morgan fingerprint density at radius 2 is 0.726 bits per heavy atom. The summed E-state index contributed by atoms with van der Waals surface area (Å²) in [5.74, 6) is -8.45. The molecule has 488 valence electrons. The van der Waals surface area contributed by atoms with Crippen LogP contribution in [0.15, 0.2) is 0 Å². The monoisotopic (exact) mass is 1200 g/mol. The van der Waals surface area contributed by atoms with E-state index in [4.69, 9.17) is 5.73 Å². The van der Waals surface area contributed by atoms with Crippen molar-refractivity contribution in [3.8, 4) is 0 Å². The summed E-state index contributed by atoms with van der Waals surface area (Å²) in [4.78, 5) is 116. The second-order valence-electron chi connectivity index (χ2n) is 23.3. The van der Waals surface area contributed by atoms with Crippen molar-refractivity contribution in [1.29, 1.82) is 0 Å². The number of hydrogen-bond acceptors (Lipinski definition) is 12. The fraction of sp³-hybridized carbons (Fsp3) is 0.857. The van der Waals surface area contributed by atoms with Crippen molar-refractivity contribution in [2.75, 3.05) is 72.0 Å². The highest BCUT2D eigenvalue weighted by atomic mass is 16.4. The Bertz CT molecular complexity index is 1670. The number of carbonyl (C=O) groups is 9. The molecule has 21 heteroatoms. The van der Waals surface area contributed by atoms with Gasteiger partial charge in [0, 0.05) is 65.1 Å². The molecule has 0 saturated heterocycles. The van der Waals surface area contributed by atoms with Crippen LogP contribution in [0.25, 0.3) is 0 Å². The van der Waals surface area contributed by atoms with Gasteiger partial charge in [0.15, 0.2) is 0 Å². The fourth-order valence-electron chi connectivity index (χ4n) is 10.7. The van der Waals surface area contributed by atoms with Gasteiger partial charge in [-0.1, -0.05) is 206 Å². The number of nitrogens with one attached hydrogen (secondary N) is 2. The van der Waals surface area contributed by atoms with Crippen LogP contribution in [0.3, 0.4) is 0 Å². The maximum absolute atomic E-state index is 13.6. The lowest BCUT2D eigenvalue weighted by Crippen LogP contribution is -2.50. The average Bonchev–Trinajstić information content (AvgIpc) is 3.61. The zero-order valence-electron chi connectivity index (χ0n) is 52.3. The number of nitrogens with zero attached hydrogens (tertiary/aromatic N) is 4. The number of unbranched alkanes of at least 4 members (excludes halogenated alkanes) is 31. The Morgan fingerprint density at radius 1 is 0.381 bits per heavy atom. The Morgan fingerprint density at radius 3 is 1.05 bits per heavy atom. The number of carbonyl (C=O) groups excluding carboxylic acids is 4. The summed E-state index contributed by atoms with van der Waals surface area (Å²) in [6, 6.07) is -2.38. The molecule has 0 saturated carbocycles. The van der Waals surface area contributed by atoms with E-state index in [1.54, 1.807) is 0 Å². The van der Waals surface area contributed by atoms with Crippen LogP contribution in [0.4, 0.5) is 0 Å². The first-order valence-corrected chi connectivity index (χ1v) is 32.8. The second-order valence-corrected chi connectivity index (χ2v) is 23.3. The van der Waals surface area contributed by atoms with E-state index < -0.39 is 85.8 Å². The van der Waals surface area contributed by atoms with Crippen molar-refractivity contribution in [2.45, 2.75) is 276 Å². The van der Waals surface area contributed by atoms with Crippen LogP contribution in [-0.2, 0) is 43.2 Å². The van der Waals surface area contributed by atoms with E-state index >= 15 is 0 Å². The van der Waals surface area contributed by atoms with Crippen LogP contribution in [-0.4, -0.2) is 183 Å². The first-order chi connectivity index (χ1) is 40.4. The summed E-state index contributed by atoms with van der Waals surface area (Å²) in [6.45, 7) is 2.42. The van der Waals surface area contributed by atoms with Gasteiger partial charge in [0.1, 0.15) is 12.1 Å². The van der Waals surface area contributed by atoms with Crippen molar-refractivity contribution in [3.05, 3.63) is 0 Å². The number of nitrogens with two attached hydrogens (primary N) is 1. The molecule has 2 atom stereocenters. The Hall–Kier alpha value is -4.89. The smallest absolute Gasteiger partial charge is 0.320 e. The minimum absolute atomic E-state index is 0.0172. The highest BCUT2D eigenvalue weighted by molar-refractivity contribution is 5.88. The zero-order valence-corrected chi connectivity index (χ0v) is 52.3. The van der Waals surface area contributed by atoms with E-state index in [0.717, 1.165) is 48.3 Å². The van der Waals surface area contributed by atoms with Gasteiger partial charge in [-0.3, -0.25) is 57.9 Å². The van der Waals surface area contributed by atoms with Crippen molar-refractivity contribution in [1.82, 2.24) is 30.2 Å². The zero-order chi connectivity index (χ0) is 62.4. The lowest BCUT2D eigenvalue weighted by atomic mass is 10.0. The van der Waals surface area contributed by atoms with Crippen LogP contribution >= 0.6 is 0 Å². The van der Waals surface area contributed by atoms with Crippen LogP contribution in [0.2, 0.25) is 0 Å². The van der Waals surface area contributed by atoms with Gasteiger partial charge in [0.25, 0.3) is 0 Å². The largest absolute Gasteiger partial charge is 0.480 e. The van der Waals surface area contributed by atoms with E-state index in [1.165, 1.54) is 172 Å². The van der Waals surface area contributed by atoms with Gasteiger partial charge in [-0.2, -0.15) is 0 Å². The predicted octanol–water partition coefficient (Wildman–Crippen LogP) is 9.85. The topological polar surface area (TPSA) is 318 Å². The first-order valence-electron chi connectivity index (χ1n) is 32.8. The SMILES string of the molecule is CCCCCCCCCCCCCCCCCCN(CCCCCCCCCCCCCCCCCC)C(=O)CCC(=O)NC(CCCCNC(=O)CC[C@@H](C(=O)O)N(CCN(CC(=O)O)CC(=O)O)CCN(CC(=O)O)CC(=O)O)C(N)=O. The summed E-state index contributed by atoms with van der Waals surface area (Å²) < 4.78 is 0. The first kappa shape index (κ1) is 79.1. The molecule has 0 aromatic carbocycles. The van der Waals surface area contributed by atoms with Gasteiger partial charge in [0.05, 0.1) is 26.2 Å². The number of carboxylic acid groups (broad SMARTS) is 5. The number of hydrogen-bond donors (Lipinski definition) is 8. The van der Waals surface area contributed by atoms with Crippen molar-refractivity contribution in [2.24, 2.45) is 5.73 Å². The average molecular weight is 1200 g/mol. The highest BCUT2D eigenvalue weighted by Crippen LogP contribution is 2.17. The van der Waals surface area contributed by atoms with Crippen LogP contribution in [0.5, 0.6) is 0 Å². The Kier molecular flexibility index (Phi) is 51.6. The molecular weight excluding hydrogens is 1080 g/mol. The summed E-state index contributed by atoms with van der Waals surface area (Å²) in [5, 5.41) is 52.8. The molecular formula is C63H117N7O14. The van der Waals surface area contributed by atoms with E-state index in [0.29, 0.717) is 25.9 Å². The second kappa shape index (κ2) is 54.7. The van der Waals surface area contributed by atoms with Gasteiger partial charge < -0.3 is 46.8 Å². The summed E-state index contributed by atoms with van der Waals surface area (Å²) in [6.07, 6.45) is 41.0. The molecule has 0 aromatic heterocycles. The number of aliphatic carboxylic acids is 5. The van der Waals surface area contributed by atoms with E-state index in [2.05, 4.69) is 24.5 Å². The fourth-order valence-corrected chi connectivity index (χ4v) is 10.7. The molecule has 0 aromatic rings. The molecule has 4 amide bonds. The third-order valence-electron chi connectivity index (χ3n) is 15.6. The number of rotatable bonds is 63. The third-order valence-corrected chi connectivity index (χ3v) is 15.6. The molecule has 0 aliphatic rings. The highest BCUT2D eigenvalue weighted by Gasteiger charge is 2.29. The maximum atomic E-state index is 13.6. The van der Waals surface area contributed by atoms with Crippen molar-refractivity contribution >= 4 is 53.5 Å². The molecule has 0 spiro atoms. The lowest BCUT2D eigenvalue weighted by molar-refractivity contribution is -0.146. The number of primary amides is 1. The maximum Gasteiger partial charge on any atom is 0.320 e. The van der Waals surface area contributed by atoms with E-state index in [-0.39, 0.29) is 70.7 Å². The summed E-state index contributed by atoms with van der Waals surface area (Å²) in [7, 11) is 0. The van der Waals surface area contributed by atoms with Crippen LogP contribution in [0, 0.1) is 0 Å². The molecule has 1 unspecified atom stereocenters. The van der Waals surface area contributed by atoms with E-state index in [9.17, 15) is 68.7 Å². The molecule has 0 heterocycles. The Labute approximate surface area is 504 Å². The molecule has 0 rings (SSSR count). The number of carboxylic acids is 5. The lowest BCUT2D eigenvalue weighted by Gasteiger charge is -2.32. The normalized spacial score (nSPS) is 12.2. The molecule has 0 fully saturated rings. The molecule has 9 N–H and O–H groups in total. The van der Waals surface area contributed by atoms with Gasteiger partial charge in [-0.05, 0) is 38.5 Å². The van der Waals surface area contributed by atoms with Crippen LogP contribution in [0.1, 0.15) is 264 Å². The predicted molar refractivity (Wildman–Crippen MR) is 329 cm³/mol. The molecule has 0 aliphatic heterocycles. The molecule has 84 heavy (non-hydrogen) atoms. The third kappa shape index (κ3) is 49.4.